The number of hydrogen-bond acceptors (Lipinski definition) is 6. The van der Waals surface area contributed by atoms with E-state index in [1.54, 1.807) is 19.2 Å². The molecule has 162 valence electrons. The Morgan fingerprint density at radius 1 is 1.27 bits per heavy atom. The molecule has 0 bridgehead atoms. The van der Waals surface area contributed by atoms with Gasteiger partial charge in [-0.05, 0) is 55.9 Å². The van der Waals surface area contributed by atoms with E-state index < -0.39 is 4.92 Å². The Balaban J connectivity index is 1.43. The van der Waals surface area contributed by atoms with Crippen molar-refractivity contribution in [1.29, 1.82) is 0 Å². The minimum absolute atomic E-state index is 0.0949. The van der Waals surface area contributed by atoms with E-state index in [1.807, 2.05) is 11.3 Å². The van der Waals surface area contributed by atoms with Crippen molar-refractivity contribution in [2.24, 2.45) is 10.9 Å². The molecule has 2 aromatic rings. The molecule has 3 N–H and O–H groups in total. The fraction of sp³-hybridized carbons (Fsp3) is 0.476. The van der Waals surface area contributed by atoms with Gasteiger partial charge in [0.1, 0.15) is 0 Å². The highest BCUT2D eigenvalue weighted by Crippen LogP contribution is 2.36. The number of thiophene rings is 1. The molecular weight excluding hydrogens is 400 g/mol. The Bertz CT molecular complexity index is 825. The normalized spacial score (nSPS) is 20.0. The first kappa shape index (κ1) is 22.0. The molecule has 2 atom stereocenters. The van der Waals surface area contributed by atoms with E-state index in [2.05, 4.69) is 50.4 Å². The molecule has 0 aliphatic carbocycles. The lowest BCUT2D eigenvalue weighted by atomic mass is 9.88. The number of anilines is 1. The molecule has 3 rings (SSSR count). The van der Waals surface area contributed by atoms with Crippen LogP contribution in [0.25, 0.3) is 0 Å². The molecule has 0 saturated carbocycles. The standard InChI is InChI=1S/C21H30N6O2S/c1-22-21(24-12-11-23-17-7-9-18(10-8-17)27(28)29)25-15-16-5-3-13-26(2)20(16)19-6-4-14-30-19/h4,6-10,14,16,20,23H,3,5,11-13,15H2,1-2H3,(H2,22,24,25). The summed E-state index contributed by atoms with van der Waals surface area (Å²) in [5.74, 6) is 1.33. The van der Waals surface area contributed by atoms with Gasteiger partial charge in [0, 0.05) is 55.4 Å². The minimum Gasteiger partial charge on any atom is -0.383 e. The molecule has 9 heteroatoms. The number of guanidine groups is 1. The molecule has 0 radical (unpaired) electrons. The molecule has 30 heavy (non-hydrogen) atoms. The second kappa shape index (κ2) is 10.9. The van der Waals surface area contributed by atoms with Crippen molar-refractivity contribution in [3.8, 4) is 0 Å². The van der Waals surface area contributed by atoms with Crippen molar-refractivity contribution in [3.05, 3.63) is 56.8 Å². The number of hydrogen-bond donors (Lipinski definition) is 3. The number of nitrogens with one attached hydrogen (secondary N) is 3. The lowest BCUT2D eigenvalue weighted by Crippen LogP contribution is -2.45. The first-order chi connectivity index (χ1) is 14.6. The third-order valence-electron chi connectivity index (χ3n) is 5.42. The zero-order chi connectivity index (χ0) is 21.3. The van der Waals surface area contributed by atoms with Crippen LogP contribution in [0.4, 0.5) is 11.4 Å². The van der Waals surface area contributed by atoms with Crippen LogP contribution in [0.15, 0.2) is 46.8 Å². The summed E-state index contributed by atoms with van der Waals surface area (Å²) in [4.78, 5) is 18.5. The zero-order valence-corrected chi connectivity index (χ0v) is 18.3. The number of likely N-dealkylation sites (tertiary alicyclic amines) is 1. The fourth-order valence-corrected chi connectivity index (χ4v) is 4.90. The maximum atomic E-state index is 10.7. The smallest absolute Gasteiger partial charge is 0.269 e. The maximum Gasteiger partial charge on any atom is 0.269 e. The van der Waals surface area contributed by atoms with E-state index in [1.165, 1.54) is 29.9 Å². The number of nitro groups is 1. The molecule has 1 aliphatic heterocycles. The average molecular weight is 431 g/mol. The summed E-state index contributed by atoms with van der Waals surface area (Å²) in [5, 5.41) is 22.9. The van der Waals surface area contributed by atoms with Gasteiger partial charge in [-0.15, -0.1) is 11.3 Å². The SMILES string of the molecule is CN=C(NCCNc1ccc([N+](=O)[O-])cc1)NCC1CCCN(C)C1c1cccs1. The highest BCUT2D eigenvalue weighted by Gasteiger charge is 2.31. The van der Waals surface area contributed by atoms with E-state index in [0.29, 0.717) is 25.0 Å². The molecular formula is C21H30N6O2S. The molecule has 2 heterocycles. The van der Waals surface area contributed by atoms with Gasteiger partial charge in [0.15, 0.2) is 5.96 Å². The summed E-state index contributed by atoms with van der Waals surface area (Å²) in [5.41, 5.74) is 0.951. The Labute approximate surface area is 181 Å². The number of benzene rings is 1. The van der Waals surface area contributed by atoms with Crippen LogP contribution >= 0.6 is 11.3 Å². The zero-order valence-electron chi connectivity index (χ0n) is 17.5. The fourth-order valence-electron chi connectivity index (χ4n) is 3.92. The summed E-state index contributed by atoms with van der Waals surface area (Å²) in [6, 6.07) is 11.3. The van der Waals surface area contributed by atoms with Crippen molar-refractivity contribution < 1.29 is 4.92 Å². The molecule has 1 aliphatic rings. The van der Waals surface area contributed by atoms with Crippen LogP contribution < -0.4 is 16.0 Å². The van der Waals surface area contributed by atoms with Crippen LogP contribution in [0.2, 0.25) is 0 Å². The summed E-state index contributed by atoms with van der Waals surface area (Å²) in [7, 11) is 4.00. The van der Waals surface area contributed by atoms with Gasteiger partial charge in [-0.1, -0.05) is 6.07 Å². The van der Waals surface area contributed by atoms with Crippen molar-refractivity contribution >= 4 is 28.7 Å². The summed E-state index contributed by atoms with van der Waals surface area (Å²) in [6.45, 7) is 3.39. The second-order valence-corrected chi connectivity index (χ2v) is 8.43. The van der Waals surface area contributed by atoms with Gasteiger partial charge in [-0.25, -0.2) is 0 Å². The van der Waals surface area contributed by atoms with Gasteiger partial charge in [-0.3, -0.25) is 20.0 Å². The van der Waals surface area contributed by atoms with Gasteiger partial charge < -0.3 is 16.0 Å². The maximum absolute atomic E-state index is 10.7. The number of nitrogens with zero attached hydrogens (tertiary/aromatic N) is 3. The molecule has 1 fully saturated rings. The van der Waals surface area contributed by atoms with Crippen LogP contribution in [0.3, 0.4) is 0 Å². The topological polar surface area (TPSA) is 94.8 Å². The molecule has 1 aromatic carbocycles. The van der Waals surface area contributed by atoms with Gasteiger partial charge >= 0.3 is 0 Å². The van der Waals surface area contributed by atoms with Gasteiger partial charge in [0.05, 0.1) is 4.92 Å². The first-order valence-electron chi connectivity index (χ1n) is 10.2. The minimum atomic E-state index is -0.395. The van der Waals surface area contributed by atoms with E-state index in [0.717, 1.165) is 24.7 Å². The lowest BCUT2D eigenvalue weighted by Gasteiger charge is -2.39. The van der Waals surface area contributed by atoms with E-state index in [4.69, 9.17) is 0 Å². The third-order valence-corrected chi connectivity index (χ3v) is 6.36. The van der Waals surface area contributed by atoms with Crippen molar-refractivity contribution in [2.45, 2.75) is 18.9 Å². The monoisotopic (exact) mass is 430 g/mol. The Kier molecular flexibility index (Phi) is 8.04. The summed E-state index contributed by atoms with van der Waals surface area (Å²) in [6.07, 6.45) is 2.43. The van der Waals surface area contributed by atoms with Crippen LogP contribution in [0.1, 0.15) is 23.8 Å². The van der Waals surface area contributed by atoms with Crippen LogP contribution in [0.5, 0.6) is 0 Å². The van der Waals surface area contributed by atoms with Gasteiger partial charge in [-0.2, -0.15) is 0 Å². The number of rotatable bonds is 8. The van der Waals surface area contributed by atoms with E-state index in [9.17, 15) is 10.1 Å². The Hall–Kier alpha value is -2.65. The highest BCUT2D eigenvalue weighted by molar-refractivity contribution is 7.10. The molecule has 1 saturated heterocycles. The molecule has 2 unspecified atom stereocenters. The number of nitro benzene ring substituents is 1. The average Bonchev–Trinajstić information content (AvgIpc) is 3.28. The Morgan fingerprint density at radius 2 is 2.07 bits per heavy atom. The predicted octanol–water partition coefficient (Wildman–Crippen LogP) is 3.32. The molecule has 1 aromatic heterocycles. The van der Waals surface area contributed by atoms with E-state index in [-0.39, 0.29) is 5.69 Å². The summed E-state index contributed by atoms with van der Waals surface area (Å²) >= 11 is 1.83. The number of non-ortho nitro benzene ring substituents is 1. The molecule has 0 amide bonds. The molecule has 0 spiro atoms. The number of aliphatic imine (C=N–C) groups is 1. The van der Waals surface area contributed by atoms with Crippen molar-refractivity contribution in [3.63, 3.8) is 0 Å². The predicted molar refractivity (Wildman–Crippen MR) is 123 cm³/mol. The Morgan fingerprint density at radius 3 is 2.73 bits per heavy atom. The summed E-state index contributed by atoms with van der Waals surface area (Å²) < 4.78 is 0. The number of piperidine rings is 1. The largest absolute Gasteiger partial charge is 0.383 e. The highest BCUT2D eigenvalue weighted by atomic mass is 32.1. The second-order valence-electron chi connectivity index (χ2n) is 7.45. The molecule has 8 nitrogen and oxygen atoms in total. The van der Waals surface area contributed by atoms with Crippen molar-refractivity contribution in [1.82, 2.24) is 15.5 Å². The van der Waals surface area contributed by atoms with Crippen LogP contribution in [-0.2, 0) is 0 Å². The van der Waals surface area contributed by atoms with Crippen molar-refractivity contribution in [2.75, 3.05) is 45.6 Å². The quantitative estimate of drug-likeness (QED) is 0.196. The van der Waals surface area contributed by atoms with Gasteiger partial charge in [0.25, 0.3) is 5.69 Å². The third kappa shape index (κ3) is 5.93. The lowest BCUT2D eigenvalue weighted by molar-refractivity contribution is -0.384. The van der Waals surface area contributed by atoms with Crippen LogP contribution in [0, 0.1) is 16.0 Å². The van der Waals surface area contributed by atoms with Crippen LogP contribution in [-0.4, -0.2) is 56.1 Å². The first-order valence-corrected chi connectivity index (χ1v) is 11.1. The van der Waals surface area contributed by atoms with E-state index >= 15 is 0 Å². The van der Waals surface area contributed by atoms with Gasteiger partial charge in [0.2, 0.25) is 0 Å².